The fourth-order valence-electron chi connectivity index (χ4n) is 1.35. The standard InChI is InChI=1S/C11H16O2/c1-9(12)6-10-4-3-5-11(7-10)8-13-2/h3-5,7,9,12H,6,8H2,1-2H3. The highest BCUT2D eigenvalue weighted by Gasteiger charge is 1.99. The molecule has 0 aromatic heterocycles. The molecule has 0 fully saturated rings. The summed E-state index contributed by atoms with van der Waals surface area (Å²) in [6.07, 6.45) is 0.426. The Balaban J connectivity index is 2.67. The smallest absolute Gasteiger partial charge is 0.0713 e. The Bertz CT molecular complexity index is 256. The summed E-state index contributed by atoms with van der Waals surface area (Å²) in [5, 5.41) is 9.20. The Labute approximate surface area is 79.2 Å². The van der Waals surface area contributed by atoms with Crippen LogP contribution in [0.25, 0.3) is 0 Å². The van der Waals surface area contributed by atoms with E-state index in [1.165, 1.54) is 0 Å². The van der Waals surface area contributed by atoms with Crippen molar-refractivity contribution < 1.29 is 9.84 Å². The molecule has 0 amide bonds. The molecular weight excluding hydrogens is 164 g/mol. The quantitative estimate of drug-likeness (QED) is 0.765. The first-order valence-corrected chi connectivity index (χ1v) is 4.47. The summed E-state index contributed by atoms with van der Waals surface area (Å²) in [6.45, 7) is 2.43. The van der Waals surface area contributed by atoms with Crippen LogP contribution in [-0.4, -0.2) is 18.3 Å². The molecule has 1 atom stereocenters. The van der Waals surface area contributed by atoms with Gasteiger partial charge in [0.05, 0.1) is 12.7 Å². The number of methoxy groups -OCH3 is 1. The minimum absolute atomic E-state index is 0.280. The van der Waals surface area contributed by atoms with Crippen LogP contribution in [0.1, 0.15) is 18.1 Å². The van der Waals surface area contributed by atoms with Crippen molar-refractivity contribution in [3.63, 3.8) is 0 Å². The molecule has 1 unspecified atom stereocenters. The van der Waals surface area contributed by atoms with E-state index in [2.05, 4.69) is 6.07 Å². The number of aliphatic hydroxyl groups is 1. The normalized spacial score (nSPS) is 12.8. The lowest BCUT2D eigenvalue weighted by Gasteiger charge is -2.06. The van der Waals surface area contributed by atoms with Gasteiger partial charge in [0, 0.05) is 7.11 Å². The molecule has 0 bridgehead atoms. The summed E-state index contributed by atoms with van der Waals surface area (Å²) in [4.78, 5) is 0. The predicted molar refractivity (Wildman–Crippen MR) is 52.5 cm³/mol. The molecule has 0 radical (unpaired) electrons. The molecule has 0 saturated heterocycles. The summed E-state index contributed by atoms with van der Waals surface area (Å²) in [6, 6.07) is 8.10. The molecule has 2 nitrogen and oxygen atoms in total. The fourth-order valence-corrected chi connectivity index (χ4v) is 1.35. The highest BCUT2D eigenvalue weighted by molar-refractivity contribution is 5.23. The first-order valence-electron chi connectivity index (χ1n) is 4.47. The van der Waals surface area contributed by atoms with E-state index in [0.29, 0.717) is 13.0 Å². The molecule has 0 aliphatic rings. The Morgan fingerprint density at radius 2 is 2.08 bits per heavy atom. The second-order valence-electron chi connectivity index (χ2n) is 3.31. The molecule has 72 valence electrons. The highest BCUT2D eigenvalue weighted by atomic mass is 16.5. The van der Waals surface area contributed by atoms with Gasteiger partial charge in [0.25, 0.3) is 0 Å². The molecule has 0 aliphatic heterocycles. The summed E-state index contributed by atoms with van der Waals surface area (Å²) in [5.74, 6) is 0. The maximum absolute atomic E-state index is 9.20. The van der Waals surface area contributed by atoms with E-state index in [-0.39, 0.29) is 6.10 Å². The maximum atomic E-state index is 9.20. The van der Waals surface area contributed by atoms with E-state index >= 15 is 0 Å². The van der Waals surface area contributed by atoms with Gasteiger partial charge in [-0.25, -0.2) is 0 Å². The van der Waals surface area contributed by atoms with Crippen molar-refractivity contribution in [2.24, 2.45) is 0 Å². The first kappa shape index (κ1) is 10.2. The zero-order valence-corrected chi connectivity index (χ0v) is 8.16. The van der Waals surface area contributed by atoms with Gasteiger partial charge in [-0.1, -0.05) is 24.3 Å². The summed E-state index contributed by atoms with van der Waals surface area (Å²) < 4.78 is 5.03. The fraction of sp³-hybridized carbons (Fsp3) is 0.455. The van der Waals surface area contributed by atoms with E-state index < -0.39 is 0 Å². The van der Waals surface area contributed by atoms with Crippen LogP contribution in [-0.2, 0) is 17.8 Å². The lowest BCUT2D eigenvalue weighted by atomic mass is 10.1. The van der Waals surface area contributed by atoms with Gasteiger partial charge in [-0.3, -0.25) is 0 Å². The van der Waals surface area contributed by atoms with Gasteiger partial charge in [0.15, 0.2) is 0 Å². The van der Waals surface area contributed by atoms with Crippen molar-refractivity contribution in [1.29, 1.82) is 0 Å². The Hall–Kier alpha value is -0.860. The van der Waals surface area contributed by atoms with E-state index in [4.69, 9.17) is 4.74 Å². The minimum atomic E-state index is -0.280. The number of hydrogen-bond donors (Lipinski definition) is 1. The molecule has 0 aliphatic carbocycles. The first-order chi connectivity index (χ1) is 6.22. The molecule has 2 heteroatoms. The lowest BCUT2D eigenvalue weighted by Crippen LogP contribution is -2.04. The van der Waals surface area contributed by atoms with E-state index in [1.54, 1.807) is 14.0 Å². The number of ether oxygens (including phenoxy) is 1. The van der Waals surface area contributed by atoms with Gasteiger partial charge in [-0.05, 0) is 24.5 Å². The van der Waals surface area contributed by atoms with Gasteiger partial charge in [-0.2, -0.15) is 0 Å². The average molecular weight is 180 g/mol. The third-order valence-electron chi connectivity index (χ3n) is 1.83. The van der Waals surface area contributed by atoms with Crippen LogP contribution in [0.15, 0.2) is 24.3 Å². The minimum Gasteiger partial charge on any atom is -0.393 e. The third-order valence-corrected chi connectivity index (χ3v) is 1.83. The van der Waals surface area contributed by atoms with Crippen molar-refractivity contribution in [2.75, 3.05) is 7.11 Å². The van der Waals surface area contributed by atoms with Gasteiger partial charge >= 0.3 is 0 Å². The lowest BCUT2D eigenvalue weighted by molar-refractivity contribution is 0.184. The Kier molecular flexibility index (Phi) is 3.93. The SMILES string of the molecule is COCc1cccc(CC(C)O)c1. The Morgan fingerprint density at radius 3 is 2.69 bits per heavy atom. The molecule has 0 heterocycles. The van der Waals surface area contributed by atoms with Gasteiger partial charge < -0.3 is 9.84 Å². The molecule has 1 aromatic rings. The number of rotatable bonds is 4. The predicted octanol–water partition coefficient (Wildman–Crippen LogP) is 1.76. The van der Waals surface area contributed by atoms with Crippen LogP contribution in [0.2, 0.25) is 0 Å². The highest BCUT2D eigenvalue weighted by Crippen LogP contribution is 2.08. The van der Waals surface area contributed by atoms with Gasteiger partial charge in [0.1, 0.15) is 0 Å². The van der Waals surface area contributed by atoms with E-state index in [9.17, 15) is 5.11 Å². The summed E-state index contributed by atoms with van der Waals surface area (Å²) in [5.41, 5.74) is 2.31. The monoisotopic (exact) mass is 180 g/mol. The zero-order chi connectivity index (χ0) is 9.68. The second kappa shape index (κ2) is 5.00. The van der Waals surface area contributed by atoms with E-state index in [1.807, 2.05) is 18.2 Å². The second-order valence-corrected chi connectivity index (χ2v) is 3.31. The van der Waals surface area contributed by atoms with Crippen LogP contribution in [0.4, 0.5) is 0 Å². The maximum Gasteiger partial charge on any atom is 0.0713 e. The number of aliphatic hydroxyl groups excluding tert-OH is 1. The van der Waals surface area contributed by atoms with Crippen LogP contribution in [0, 0.1) is 0 Å². The van der Waals surface area contributed by atoms with Crippen molar-refractivity contribution in [3.05, 3.63) is 35.4 Å². The third kappa shape index (κ3) is 3.57. The van der Waals surface area contributed by atoms with Crippen molar-refractivity contribution >= 4 is 0 Å². The van der Waals surface area contributed by atoms with Crippen molar-refractivity contribution in [3.8, 4) is 0 Å². The van der Waals surface area contributed by atoms with Gasteiger partial charge in [-0.15, -0.1) is 0 Å². The number of benzene rings is 1. The largest absolute Gasteiger partial charge is 0.393 e. The topological polar surface area (TPSA) is 29.5 Å². The average Bonchev–Trinajstić information content (AvgIpc) is 2.04. The van der Waals surface area contributed by atoms with Crippen molar-refractivity contribution in [2.45, 2.75) is 26.1 Å². The summed E-state index contributed by atoms with van der Waals surface area (Å²) in [7, 11) is 1.68. The van der Waals surface area contributed by atoms with Crippen LogP contribution < -0.4 is 0 Å². The molecule has 1 N–H and O–H groups in total. The molecule has 1 aromatic carbocycles. The Morgan fingerprint density at radius 1 is 1.38 bits per heavy atom. The van der Waals surface area contributed by atoms with Crippen molar-refractivity contribution in [1.82, 2.24) is 0 Å². The van der Waals surface area contributed by atoms with E-state index in [0.717, 1.165) is 11.1 Å². The molecule has 0 spiro atoms. The molecule has 0 saturated carbocycles. The molecule has 1 rings (SSSR count). The van der Waals surface area contributed by atoms with Crippen LogP contribution in [0.5, 0.6) is 0 Å². The molecule has 13 heavy (non-hydrogen) atoms. The molecular formula is C11H16O2. The zero-order valence-electron chi connectivity index (χ0n) is 8.16. The van der Waals surface area contributed by atoms with Gasteiger partial charge in [0.2, 0.25) is 0 Å². The summed E-state index contributed by atoms with van der Waals surface area (Å²) >= 11 is 0. The number of hydrogen-bond acceptors (Lipinski definition) is 2. The van der Waals surface area contributed by atoms with Crippen LogP contribution in [0.3, 0.4) is 0 Å². The van der Waals surface area contributed by atoms with Crippen LogP contribution >= 0.6 is 0 Å².